The summed E-state index contributed by atoms with van der Waals surface area (Å²) >= 11 is 0. The van der Waals surface area contributed by atoms with Crippen LogP contribution in [-0.2, 0) is 25.7 Å². The largest absolute Gasteiger partial charge is 0.0584 e. The predicted octanol–water partition coefficient (Wildman–Crippen LogP) is 13.0. The van der Waals surface area contributed by atoms with E-state index in [9.17, 15) is 0 Å². The predicted molar refractivity (Wildman–Crippen MR) is 219 cm³/mol. The Balaban J connectivity index is 0.985. The van der Waals surface area contributed by atoms with E-state index in [2.05, 4.69) is 194 Å². The van der Waals surface area contributed by atoms with Crippen molar-refractivity contribution < 1.29 is 0 Å². The highest BCUT2D eigenvalue weighted by molar-refractivity contribution is 5.72. The quantitative estimate of drug-likeness (QED) is 0.151. The molecule has 0 nitrogen and oxygen atoms in total. The lowest BCUT2D eigenvalue weighted by atomic mass is 9.95. The number of benzene rings is 8. The van der Waals surface area contributed by atoms with Crippen LogP contribution in [0.1, 0.15) is 44.5 Å². The highest BCUT2D eigenvalue weighted by Gasteiger charge is 2.07. The fourth-order valence-electron chi connectivity index (χ4n) is 7.46. The summed E-state index contributed by atoms with van der Waals surface area (Å²) in [6, 6.07) is 72.3. The van der Waals surface area contributed by atoms with E-state index < -0.39 is 0 Å². The van der Waals surface area contributed by atoms with Crippen LogP contribution in [0.5, 0.6) is 0 Å². The highest BCUT2D eigenvalue weighted by Crippen LogP contribution is 2.29. The Morgan fingerprint density at radius 1 is 0.135 bits per heavy atom. The second kappa shape index (κ2) is 14.2. The molecule has 0 spiro atoms. The zero-order valence-electron chi connectivity index (χ0n) is 29.3. The van der Waals surface area contributed by atoms with Gasteiger partial charge >= 0.3 is 0 Å². The first kappa shape index (κ1) is 31.7. The van der Waals surface area contributed by atoms with E-state index in [1.54, 1.807) is 0 Å². The molecule has 0 heterocycles. The zero-order valence-corrected chi connectivity index (χ0v) is 29.3. The Labute approximate surface area is 307 Å². The van der Waals surface area contributed by atoms with Crippen molar-refractivity contribution in [2.24, 2.45) is 0 Å². The van der Waals surface area contributed by atoms with Gasteiger partial charge in [-0.2, -0.15) is 0 Å². The summed E-state index contributed by atoms with van der Waals surface area (Å²) in [7, 11) is 0. The fraction of sp³-hybridized carbons (Fsp3) is 0.0769. The van der Waals surface area contributed by atoms with Crippen LogP contribution in [0, 0.1) is 0 Å². The lowest BCUT2D eigenvalue weighted by Crippen LogP contribution is -1.92. The lowest BCUT2D eigenvalue weighted by Gasteiger charge is -2.10. The molecule has 248 valence electrons. The number of hydrogen-bond acceptors (Lipinski definition) is 0. The standard InChI is InChI=1S/C52H40/c1-2-38-4-3-37(1)33-41-9-17-45(18-10-41)49-25-27-51(28-26-49)47-21-13-43(14-22-47)35-39-5-7-40(8-6-39)36-44-15-23-48(24-16-44)52-31-29-50(30-32-52)46-19-11-42(34-38)12-20-46/h1-32H,33-36H2. The third-order valence-corrected chi connectivity index (χ3v) is 10.6. The molecule has 30 rings (SSSR count). The smallest absolute Gasteiger partial charge is 0.00258 e. The van der Waals surface area contributed by atoms with Gasteiger partial charge in [0.25, 0.3) is 0 Å². The van der Waals surface area contributed by atoms with Gasteiger partial charge in [0.1, 0.15) is 0 Å². The molecule has 16 bridgehead atoms. The van der Waals surface area contributed by atoms with Crippen LogP contribution in [0.2, 0.25) is 0 Å². The van der Waals surface area contributed by atoms with Crippen LogP contribution >= 0.6 is 0 Å². The maximum atomic E-state index is 2.28. The Hall–Kier alpha value is -6.24. The summed E-state index contributed by atoms with van der Waals surface area (Å²) < 4.78 is 0. The van der Waals surface area contributed by atoms with E-state index in [4.69, 9.17) is 0 Å². The van der Waals surface area contributed by atoms with Gasteiger partial charge in [0.2, 0.25) is 0 Å². The first-order valence-electron chi connectivity index (χ1n) is 18.4. The van der Waals surface area contributed by atoms with Crippen molar-refractivity contribution >= 4 is 0 Å². The normalized spacial score (nSPS) is 12.3. The van der Waals surface area contributed by atoms with Crippen molar-refractivity contribution in [2.45, 2.75) is 25.7 Å². The molecule has 0 radical (unpaired) electrons. The van der Waals surface area contributed by atoms with Crippen molar-refractivity contribution in [3.8, 4) is 44.5 Å². The van der Waals surface area contributed by atoms with Gasteiger partial charge in [0.05, 0.1) is 0 Å². The first-order valence-corrected chi connectivity index (χ1v) is 18.4. The van der Waals surface area contributed by atoms with Crippen LogP contribution < -0.4 is 0 Å². The van der Waals surface area contributed by atoms with E-state index in [1.165, 1.54) is 89.0 Å². The average Bonchev–Trinajstić information content (AvgIpc) is 3.21. The van der Waals surface area contributed by atoms with Gasteiger partial charge in [0.15, 0.2) is 0 Å². The molecule has 0 aliphatic heterocycles. The van der Waals surface area contributed by atoms with Gasteiger partial charge in [0, 0.05) is 0 Å². The third-order valence-electron chi connectivity index (χ3n) is 10.6. The first-order chi connectivity index (χ1) is 25.7. The second-order valence-corrected chi connectivity index (χ2v) is 14.3. The Kier molecular flexibility index (Phi) is 8.65. The minimum Gasteiger partial charge on any atom is -0.0584 e. The average molecular weight is 665 g/mol. The van der Waals surface area contributed by atoms with E-state index in [-0.39, 0.29) is 0 Å². The van der Waals surface area contributed by atoms with Crippen LogP contribution in [0.4, 0.5) is 0 Å². The summed E-state index contributed by atoms with van der Waals surface area (Å²) in [6.07, 6.45) is 3.72. The Bertz CT molecular complexity index is 2040. The van der Waals surface area contributed by atoms with E-state index >= 15 is 0 Å². The zero-order chi connectivity index (χ0) is 34.7. The number of rotatable bonds is 0. The van der Waals surface area contributed by atoms with Crippen LogP contribution in [0.25, 0.3) is 44.5 Å². The van der Waals surface area contributed by atoms with Crippen molar-refractivity contribution in [1.29, 1.82) is 0 Å². The third kappa shape index (κ3) is 7.15. The fourth-order valence-corrected chi connectivity index (χ4v) is 7.46. The topological polar surface area (TPSA) is 0 Å². The molecule has 0 N–H and O–H groups in total. The highest BCUT2D eigenvalue weighted by atomic mass is 14.1. The van der Waals surface area contributed by atoms with E-state index in [1.807, 2.05) is 0 Å². The lowest BCUT2D eigenvalue weighted by molar-refractivity contribution is 1.15. The summed E-state index contributed by atoms with van der Waals surface area (Å²) in [5, 5.41) is 0. The van der Waals surface area contributed by atoms with E-state index in [0.29, 0.717) is 0 Å². The van der Waals surface area contributed by atoms with Crippen molar-refractivity contribution in [3.05, 3.63) is 239 Å². The summed E-state index contributed by atoms with van der Waals surface area (Å²) in [6.45, 7) is 0. The Morgan fingerprint density at radius 3 is 0.365 bits per heavy atom. The summed E-state index contributed by atoms with van der Waals surface area (Å²) in [5.74, 6) is 0. The molecule has 52 heavy (non-hydrogen) atoms. The van der Waals surface area contributed by atoms with Crippen LogP contribution in [0.15, 0.2) is 194 Å². The SMILES string of the molecule is c1cc2ccc1Cc1ccc(cc1)-c1ccc(cc1)-c1ccc(cc1)Cc1ccc(cc1)Cc1ccc(cc1)-c1ccc(cc1)-c1ccc(cc1)C2. The van der Waals surface area contributed by atoms with Gasteiger partial charge in [-0.15, -0.1) is 0 Å². The van der Waals surface area contributed by atoms with Crippen LogP contribution in [0.3, 0.4) is 0 Å². The van der Waals surface area contributed by atoms with Gasteiger partial charge < -0.3 is 0 Å². The molecule has 0 amide bonds. The summed E-state index contributed by atoms with van der Waals surface area (Å²) in [5.41, 5.74) is 20.6. The van der Waals surface area contributed by atoms with Crippen LogP contribution in [-0.4, -0.2) is 0 Å². The molecule has 0 aromatic heterocycles. The molecule has 0 fully saturated rings. The molecule has 0 atom stereocenters. The molecular weight excluding hydrogens is 625 g/mol. The van der Waals surface area contributed by atoms with Crippen molar-refractivity contribution in [1.82, 2.24) is 0 Å². The van der Waals surface area contributed by atoms with Gasteiger partial charge in [-0.1, -0.05) is 194 Å². The van der Waals surface area contributed by atoms with Crippen molar-refractivity contribution in [3.63, 3.8) is 0 Å². The minimum absolute atomic E-state index is 0.930. The molecule has 0 saturated heterocycles. The maximum absolute atomic E-state index is 2.28. The molecule has 0 unspecified atom stereocenters. The Morgan fingerprint density at radius 2 is 0.231 bits per heavy atom. The molecule has 22 aliphatic carbocycles. The van der Waals surface area contributed by atoms with Gasteiger partial charge in [-0.25, -0.2) is 0 Å². The van der Waals surface area contributed by atoms with Gasteiger partial charge in [-0.3, -0.25) is 0 Å². The molecule has 8 aromatic carbocycles. The molecular formula is C52H40. The molecule has 22 aliphatic rings. The van der Waals surface area contributed by atoms with E-state index in [0.717, 1.165) is 25.7 Å². The molecule has 0 saturated carbocycles. The van der Waals surface area contributed by atoms with Crippen molar-refractivity contribution in [2.75, 3.05) is 0 Å². The second-order valence-electron chi connectivity index (χ2n) is 14.3. The van der Waals surface area contributed by atoms with Gasteiger partial charge in [-0.05, 0) is 115 Å². The monoisotopic (exact) mass is 664 g/mol. The number of hydrogen-bond donors (Lipinski definition) is 0. The molecule has 8 aromatic rings. The molecule has 0 heteroatoms. The maximum Gasteiger partial charge on any atom is -0.00258 e. The minimum atomic E-state index is 0.930. The summed E-state index contributed by atoms with van der Waals surface area (Å²) in [4.78, 5) is 0.